The van der Waals surface area contributed by atoms with Gasteiger partial charge in [0.1, 0.15) is 0 Å². The van der Waals surface area contributed by atoms with Gasteiger partial charge in [-0.15, -0.1) is 11.8 Å². The molecule has 2 N–H and O–H groups in total. The Hall–Kier alpha value is -2.11. The molecule has 2 heterocycles. The fourth-order valence-electron chi connectivity index (χ4n) is 3.52. The van der Waals surface area contributed by atoms with Crippen molar-refractivity contribution < 1.29 is 22.7 Å². The van der Waals surface area contributed by atoms with Crippen molar-refractivity contribution in [2.24, 2.45) is 0 Å². The minimum Gasteiger partial charge on any atom is -0.379 e. The number of amides is 2. The van der Waals surface area contributed by atoms with E-state index >= 15 is 0 Å². The fourth-order valence-corrected chi connectivity index (χ4v) is 6.41. The fraction of sp³-hybridized carbons (Fsp3) is 0.333. The molecule has 11 heteroatoms. The number of thioether (sulfide) groups is 1. The first-order valence-electron chi connectivity index (χ1n) is 10.0. The molecule has 2 aliphatic heterocycles. The first kappa shape index (κ1) is 23.1. The van der Waals surface area contributed by atoms with E-state index in [4.69, 9.17) is 16.3 Å². The SMILES string of the molecule is O=C(CC1Sc2ccc(Cl)cc2NC1=O)NCc1ccccc1S(=O)(=O)N1CCOCC1. The summed E-state index contributed by atoms with van der Waals surface area (Å²) in [7, 11) is -3.69. The van der Waals surface area contributed by atoms with Crippen LogP contribution in [0.15, 0.2) is 52.3 Å². The summed E-state index contributed by atoms with van der Waals surface area (Å²) in [5, 5.41) is 5.46. The maximum absolute atomic E-state index is 13.0. The molecule has 170 valence electrons. The zero-order chi connectivity index (χ0) is 22.7. The third-order valence-corrected chi connectivity index (χ3v) is 8.68. The zero-order valence-electron chi connectivity index (χ0n) is 17.0. The highest BCUT2D eigenvalue weighted by Crippen LogP contribution is 2.38. The van der Waals surface area contributed by atoms with E-state index in [9.17, 15) is 18.0 Å². The minimum atomic E-state index is -3.69. The van der Waals surface area contributed by atoms with Gasteiger partial charge in [0.25, 0.3) is 0 Å². The second-order valence-corrected chi connectivity index (χ2v) is 10.9. The van der Waals surface area contributed by atoms with Gasteiger partial charge in [-0.25, -0.2) is 8.42 Å². The third-order valence-electron chi connectivity index (χ3n) is 5.17. The largest absolute Gasteiger partial charge is 0.379 e. The van der Waals surface area contributed by atoms with Gasteiger partial charge >= 0.3 is 0 Å². The van der Waals surface area contributed by atoms with Crippen molar-refractivity contribution in [1.82, 2.24) is 9.62 Å². The van der Waals surface area contributed by atoms with E-state index in [1.54, 1.807) is 42.5 Å². The number of hydrogen-bond acceptors (Lipinski definition) is 6. The molecule has 2 aliphatic rings. The number of rotatable bonds is 6. The average Bonchev–Trinajstić information content (AvgIpc) is 2.79. The van der Waals surface area contributed by atoms with Gasteiger partial charge in [0.05, 0.1) is 29.0 Å². The number of carbonyl (C=O) groups is 2. The number of benzene rings is 2. The van der Waals surface area contributed by atoms with Crippen LogP contribution >= 0.6 is 23.4 Å². The lowest BCUT2D eigenvalue weighted by atomic mass is 10.2. The summed E-state index contributed by atoms with van der Waals surface area (Å²) in [4.78, 5) is 26.0. The Morgan fingerprint density at radius 2 is 1.97 bits per heavy atom. The lowest BCUT2D eigenvalue weighted by Crippen LogP contribution is -2.41. The number of fused-ring (bicyclic) bond motifs is 1. The molecule has 2 aromatic rings. The van der Waals surface area contributed by atoms with Crippen molar-refractivity contribution in [2.45, 2.75) is 28.0 Å². The summed E-state index contributed by atoms with van der Waals surface area (Å²) < 4.78 is 32.7. The van der Waals surface area contributed by atoms with Crippen LogP contribution in [-0.4, -0.2) is 56.1 Å². The summed E-state index contributed by atoms with van der Waals surface area (Å²) in [6, 6.07) is 11.8. The van der Waals surface area contributed by atoms with Gasteiger partial charge in [-0.05, 0) is 29.8 Å². The second-order valence-electron chi connectivity index (χ2n) is 7.34. The first-order chi connectivity index (χ1) is 15.3. The number of anilines is 1. The molecule has 0 bridgehead atoms. The van der Waals surface area contributed by atoms with Crippen LogP contribution in [0, 0.1) is 0 Å². The molecule has 4 rings (SSSR count). The standard InChI is InChI=1S/C21H22ClN3O5S2/c22-15-5-6-17-16(11-15)24-21(27)18(31-17)12-20(26)23-13-14-3-1-2-4-19(14)32(28,29)25-7-9-30-10-8-25/h1-6,11,18H,7-10,12-13H2,(H,23,26)(H,24,27). The third kappa shape index (κ3) is 5.10. The number of halogens is 1. The summed E-state index contributed by atoms with van der Waals surface area (Å²) in [5.41, 5.74) is 1.12. The summed E-state index contributed by atoms with van der Waals surface area (Å²) in [5.74, 6) is -0.608. The predicted octanol–water partition coefficient (Wildman–Crippen LogP) is 2.48. The highest BCUT2D eigenvalue weighted by Gasteiger charge is 2.30. The number of carbonyl (C=O) groups excluding carboxylic acids is 2. The van der Waals surface area contributed by atoms with Gasteiger partial charge in [-0.3, -0.25) is 9.59 Å². The van der Waals surface area contributed by atoms with E-state index < -0.39 is 15.3 Å². The number of morpholine rings is 1. The normalized spacial score (nSPS) is 19.2. The van der Waals surface area contributed by atoms with Gasteiger partial charge in [0, 0.05) is 36.0 Å². The molecule has 0 aliphatic carbocycles. The van der Waals surface area contributed by atoms with E-state index in [0.29, 0.717) is 42.6 Å². The highest BCUT2D eigenvalue weighted by atomic mass is 35.5. The van der Waals surface area contributed by atoms with Crippen molar-refractivity contribution in [3.8, 4) is 0 Å². The number of nitrogens with one attached hydrogen (secondary N) is 2. The number of sulfonamides is 1. The van der Waals surface area contributed by atoms with E-state index in [-0.39, 0.29) is 29.7 Å². The molecule has 2 amide bonds. The molecule has 0 aromatic heterocycles. The van der Waals surface area contributed by atoms with Crippen LogP contribution in [0.2, 0.25) is 5.02 Å². The van der Waals surface area contributed by atoms with Crippen LogP contribution in [0.5, 0.6) is 0 Å². The van der Waals surface area contributed by atoms with Crippen LogP contribution < -0.4 is 10.6 Å². The maximum atomic E-state index is 13.0. The lowest BCUT2D eigenvalue weighted by Gasteiger charge is -2.27. The van der Waals surface area contributed by atoms with Crippen LogP contribution in [0.1, 0.15) is 12.0 Å². The molecule has 2 aromatic carbocycles. The molecule has 0 spiro atoms. The van der Waals surface area contributed by atoms with Crippen molar-refractivity contribution in [1.29, 1.82) is 0 Å². The molecule has 1 atom stereocenters. The Labute approximate surface area is 195 Å². The molecule has 8 nitrogen and oxygen atoms in total. The van der Waals surface area contributed by atoms with Crippen molar-refractivity contribution in [2.75, 3.05) is 31.6 Å². The van der Waals surface area contributed by atoms with E-state index in [1.165, 1.54) is 16.1 Å². The molecule has 1 fully saturated rings. The van der Waals surface area contributed by atoms with Crippen molar-refractivity contribution in [3.63, 3.8) is 0 Å². The van der Waals surface area contributed by atoms with Crippen LogP contribution in [0.3, 0.4) is 0 Å². The predicted molar refractivity (Wildman–Crippen MR) is 122 cm³/mol. The monoisotopic (exact) mass is 495 g/mol. The summed E-state index contributed by atoms with van der Waals surface area (Å²) in [6.45, 7) is 1.35. The van der Waals surface area contributed by atoms with Gasteiger partial charge in [-0.1, -0.05) is 29.8 Å². The number of ether oxygens (including phenoxy) is 1. The van der Waals surface area contributed by atoms with Gasteiger partial charge in [-0.2, -0.15) is 4.31 Å². The Bertz CT molecular complexity index is 1140. The van der Waals surface area contributed by atoms with E-state index in [0.717, 1.165) is 4.90 Å². The Morgan fingerprint density at radius 1 is 1.22 bits per heavy atom. The highest BCUT2D eigenvalue weighted by molar-refractivity contribution is 8.01. The van der Waals surface area contributed by atoms with E-state index in [2.05, 4.69) is 10.6 Å². The molecular weight excluding hydrogens is 474 g/mol. The number of nitrogens with zero attached hydrogens (tertiary/aromatic N) is 1. The average molecular weight is 496 g/mol. The maximum Gasteiger partial charge on any atom is 0.243 e. The minimum absolute atomic E-state index is 0.0308. The Morgan fingerprint density at radius 3 is 2.75 bits per heavy atom. The smallest absolute Gasteiger partial charge is 0.243 e. The molecular formula is C21H22ClN3O5S2. The van der Waals surface area contributed by atoms with Crippen LogP contribution in [0.25, 0.3) is 0 Å². The molecule has 1 saturated heterocycles. The topological polar surface area (TPSA) is 105 Å². The first-order valence-corrected chi connectivity index (χ1v) is 12.7. The van der Waals surface area contributed by atoms with Gasteiger partial charge < -0.3 is 15.4 Å². The Kier molecular flexibility index (Phi) is 7.06. The second kappa shape index (κ2) is 9.80. The molecule has 0 saturated carbocycles. The Balaban J connectivity index is 1.41. The zero-order valence-corrected chi connectivity index (χ0v) is 19.4. The summed E-state index contributed by atoms with van der Waals surface area (Å²) >= 11 is 7.27. The quantitative estimate of drug-likeness (QED) is 0.638. The van der Waals surface area contributed by atoms with Crippen molar-refractivity contribution >= 4 is 50.9 Å². The molecule has 32 heavy (non-hydrogen) atoms. The lowest BCUT2D eigenvalue weighted by molar-refractivity contribution is -0.124. The summed E-state index contributed by atoms with van der Waals surface area (Å²) in [6.07, 6.45) is -0.0308. The van der Waals surface area contributed by atoms with Crippen molar-refractivity contribution in [3.05, 3.63) is 53.1 Å². The molecule has 0 radical (unpaired) electrons. The van der Waals surface area contributed by atoms with Crippen LogP contribution in [0.4, 0.5) is 5.69 Å². The van der Waals surface area contributed by atoms with Crippen LogP contribution in [-0.2, 0) is 30.9 Å². The van der Waals surface area contributed by atoms with E-state index in [1.807, 2.05) is 0 Å². The van der Waals surface area contributed by atoms with Gasteiger partial charge in [0.15, 0.2) is 0 Å². The van der Waals surface area contributed by atoms with Gasteiger partial charge in [0.2, 0.25) is 21.8 Å². The number of hydrogen-bond donors (Lipinski definition) is 2. The molecule has 1 unspecified atom stereocenters.